The molecule has 1 aromatic rings. The first-order valence-corrected chi connectivity index (χ1v) is 8.00. The zero-order valence-electron chi connectivity index (χ0n) is 11.8. The zero-order chi connectivity index (χ0) is 17.4. The van der Waals surface area contributed by atoms with Crippen molar-refractivity contribution >= 4 is 21.9 Å². The second-order valence-corrected chi connectivity index (χ2v) is 7.11. The quantitative estimate of drug-likeness (QED) is 0.822. The van der Waals surface area contributed by atoms with E-state index < -0.39 is 46.7 Å². The van der Waals surface area contributed by atoms with Crippen LogP contribution in [0, 0.1) is 5.92 Å². The number of sulfonamides is 1. The third kappa shape index (κ3) is 3.32. The Morgan fingerprint density at radius 2 is 1.83 bits per heavy atom. The molecular weight excluding hydrogens is 334 g/mol. The van der Waals surface area contributed by atoms with E-state index in [0.29, 0.717) is 4.31 Å². The molecule has 7 nitrogen and oxygen atoms in total. The van der Waals surface area contributed by atoms with Gasteiger partial charge in [-0.2, -0.15) is 4.31 Å². The van der Waals surface area contributed by atoms with Gasteiger partial charge in [0.25, 0.3) is 5.92 Å². The number of aliphatic carboxylic acids is 1. The van der Waals surface area contributed by atoms with Gasteiger partial charge in [-0.1, -0.05) is 0 Å². The van der Waals surface area contributed by atoms with Gasteiger partial charge in [0.2, 0.25) is 15.9 Å². The van der Waals surface area contributed by atoms with Gasteiger partial charge < -0.3 is 10.8 Å². The summed E-state index contributed by atoms with van der Waals surface area (Å²) in [4.78, 5) is 21.5. The van der Waals surface area contributed by atoms with E-state index in [2.05, 4.69) is 0 Å². The lowest BCUT2D eigenvalue weighted by molar-refractivity contribution is -0.163. The summed E-state index contributed by atoms with van der Waals surface area (Å²) in [5, 5.41) is 8.77. The van der Waals surface area contributed by atoms with Gasteiger partial charge in [0.15, 0.2) is 0 Å². The maximum Gasteiger partial charge on any atom is 0.312 e. The van der Waals surface area contributed by atoms with E-state index in [1.807, 2.05) is 0 Å². The molecule has 3 N–H and O–H groups in total. The van der Waals surface area contributed by atoms with Crippen molar-refractivity contribution in [2.75, 3.05) is 13.1 Å². The van der Waals surface area contributed by atoms with Crippen LogP contribution < -0.4 is 5.73 Å². The van der Waals surface area contributed by atoms with Crippen molar-refractivity contribution in [3.63, 3.8) is 0 Å². The number of carbonyl (C=O) groups is 2. The molecule has 0 saturated carbocycles. The molecule has 1 unspecified atom stereocenters. The lowest BCUT2D eigenvalue weighted by Gasteiger charge is -2.35. The van der Waals surface area contributed by atoms with E-state index >= 15 is 0 Å². The van der Waals surface area contributed by atoms with Crippen molar-refractivity contribution < 1.29 is 31.9 Å². The van der Waals surface area contributed by atoms with Crippen molar-refractivity contribution in [1.29, 1.82) is 0 Å². The molecule has 2 rings (SSSR count). The number of halogens is 2. The van der Waals surface area contributed by atoms with Crippen molar-refractivity contribution in [2.24, 2.45) is 11.7 Å². The van der Waals surface area contributed by atoms with Gasteiger partial charge in [-0.05, 0) is 30.7 Å². The first-order valence-electron chi connectivity index (χ1n) is 6.56. The monoisotopic (exact) mass is 348 g/mol. The summed E-state index contributed by atoms with van der Waals surface area (Å²) < 4.78 is 52.9. The highest BCUT2D eigenvalue weighted by Crippen LogP contribution is 2.35. The molecule has 1 atom stereocenters. The summed E-state index contributed by atoms with van der Waals surface area (Å²) in [5.74, 6) is -7.98. The maximum atomic E-state index is 13.8. The number of nitrogens with zero attached hydrogens (tertiary/aromatic N) is 1. The average Bonchev–Trinajstić information content (AvgIpc) is 2.45. The minimum atomic E-state index is -4.22. The van der Waals surface area contributed by atoms with Crippen LogP contribution in [0.1, 0.15) is 16.8 Å². The molecular formula is C13H14F2N2O5S. The number of carboxylic acid groups (broad SMARTS) is 1. The highest BCUT2D eigenvalue weighted by Gasteiger charge is 2.51. The molecule has 126 valence electrons. The van der Waals surface area contributed by atoms with Crippen LogP contribution in [0.4, 0.5) is 8.78 Å². The van der Waals surface area contributed by atoms with Gasteiger partial charge in [0, 0.05) is 12.1 Å². The predicted octanol–water partition coefficient (Wildman–Crippen LogP) is 0.516. The molecule has 0 bridgehead atoms. The second kappa shape index (κ2) is 5.85. The van der Waals surface area contributed by atoms with Crippen molar-refractivity contribution in [1.82, 2.24) is 4.31 Å². The van der Waals surface area contributed by atoms with Gasteiger partial charge in [0.05, 0.1) is 11.4 Å². The number of primary amides is 1. The van der Waals surface area contributed by atoms with Crippen molar-refractivity contribution in [2.45, 2.75) is 17.2 Å². The smallest absolute Gasteiger partial charge is 0.312 e. The number of piperidine rings is 1. The minimum absolute atomic E-state index is 0.0823. The number of rotatable bonds is 4. The topological polar surface area (TPSA) is 118 Å². The Labute approximate surface area is 130 Å². The molecule has 0 aliphatic carbocycles. The summed E-state index contributed by atoms with van der Waals surface area (Å²) in [6.45, 7) is -1.53. The van der Waals surface area contributed by atoms with Crippen molar-refractivity contribution in [3.05, 3.63) is 29.8 Å². The first-order chi connectivity index (χ1) is 10.6. The van der Waals surface area contributed by atoms with Crippen LogP contribution in [0.5, 0.6) is 0 Å². The van der Waals surface area contributed by atoms with Crippen LogP contribution >= 0.6 is 0 Å². The normalized spacial score (nSPS) is 21.7. The number of benzene rings is 1. The Morgan fingerprint density at radius 1 is 1.26 bits per heavy atom. The lowest BCUT2D eigenvalue weighted by atomic mass is 9.94. The summed E-state index contributed by atoms with van der Waals surface area (Å²) in [6, 6.07) is 4.54. The second-order valence-electron chi connectivity index (χ2n) is 5.17. The first kappa shape index (κ1) is 17.3. The van der Waals surface area contributed by atoms with Crippen LogP contribution in [-0.2, 0) is 14.8 Å². The highest BCUT2D eigenvalue weighted by atomic mass is 32.2. The summed E-state index contributed by atoms with van der Waals surface area (Å²) in [6.07, 6.45) is -0.485. The molecule has 1 fully saturated rings. The number of nitrogens with two attached hydrogens (primary N) is 1. The highest BCUT2D eigenvalue weighted by molar-refractivity contribution is 7.89. The Bertz CT molecular complexity index is 733. The van der Waals surface area contributed by atoms with E-state index in [-0.39, 0.29) is 17.0 Å². The van der Waals surface area contributed by atoms with Crippen LogP contribution in [-0.4, -0.2) is 48.7 Å². The average molecular weight is 348 g/mol. The minimum Gasteiger partial charge on any atom is -0.481 e. The number of hydrogen-bond donors (Lipinski definition) is 2. The van der Waals surface area contributed by atoms with Gasteiger partial charge in [-0.15, -0.1) is 0 Å². The number of alkyl halides is 2. The molecule has 10 heteroatoms. The van der Waals surface area contributed by atoms with E-state index in [1.165, 1.54) is 12.1 Å². The molecule has 1 heterocycles. The fraction of sp³-hybridized carbons (Fsp3) is 0.385. The van der Waals surface area contributed by atoms with Gasteiger partial charge in [-0.3, -0.25) is 9.59 Å². The maximum absolute atomic E-state index is 13.8. The largest absolute Gasteiger partial charge is 0.481 e. The van der Waals surface area contributed by atoms with Crippen LogP contribution in [0.15, 0.2) is 29.2 Å². The Balaban J connectivity index is 2.27. The van der Waals surface area contributed by atoms with E-state index in [0.717, 1.165) is 12.1 Å². The van der Waals surface area contributed by atoms with Crippen LogP contribution in [0.25, 0.3) is 0 Å². The summed E-state index contributed by atoms with van der Waals surface area (Å²) in [7, 11) is -4.22. The fourth-order valence-electron chi connectivity index (χ4n) is 2.36. The number of hydrogen-bond acceptors (Lipinski definition) is 4. The Morgan fingerprint density at radius 3 is 2.26 bits per heavy atom. The number of carbonyl (C=O) groups excluding carboxylic acids is 1. The zero-order valence-corrected chi connectivity index (χ0v) is 12.6. The standard InChI is InChI=1S/C13H14F2N2O5S/c14-13(15)7-17(6-5-10(13)12(19)20)23(21,22)9-3-1-8(2-4-9)11(16)18/h1-4,10H,5-7H2,(H2,16,18)(H,19,20). The van der Waals surface area contributed by atoms with E-state index in [9.17, 15) is 26.8 Å². The summed E-state index contributed by atoms with van der Waals surface area (Å²) in [5.41, 5.74) is 5.12. The van der Waals surface area contributed by atoms with Gasteiger partial charge >= 0.3 is 5.97 Å². The fourth-order valence-corrected chi connectivity index (χ4v) is 3.82. The molecule has 23 heavy (non-hydrogen) atoms. The van der Waals surface area contributed by atoms with Crippen LogP contribution in [0.2, 0.25) is 0 Å². The SMILES string of the molecule is NC(=O)c1ccc(S(=O)(=O)N2CCC(C(=O)O)C(F)(F)C2)cc1. The van der Waals surface area contributed by atoms with Gasteiger partial charge in [0.1, 0.15) is 5.92 Å². The third-order valence-electron chi connectivity index (χ3n) is 3.64. The number of carboxylic acids is 1. The Kier molecular flexibility index (Phi) is 4.40. The molecule has 1 aromatic carbocycles. The molecule has 1 amide bonds. The molecule has 0 radical (unpaired) electrons. The molecule has 1 saturated heterocycles. The number of amides is 1. The molecule has 0 spiro atoms. The lowest BCUT2D eigenvalue weighted by Crippen LogP contribution is -2.52. The predicted molar refractivity (Wildman–Crippen MR) is 74.4 cm³/mol. The molecule has 1 aliphatic rings. The van der Waals surface area contributed by atoms with E-state index in [4.69, 9.17) is 10.8 Å². The molecule has 0 aromatic heterocycles. The summed E-state index contributed by atoms with van der Waals surface area (Å²) >= 11 is 0. The molecule has 1 aliphatic heterocycles. The third-order valence-corrected chi connectivity index (χ3v) is 5.50. The van der Waals surface area contributed by atoms with Crippen LogP contribution in [0.3, 0.4) is 0 Å². The van der Waals surface area contributed by atoms with Gasteiger partial charge in [-0.25, -0.2) is 17.2 Å². The van der Waals surface area contributed by atoms with E-state index in [1.54, 1.807) is 0 Å². The Hall–Kier alpha value is -2.07. The van der Waals surface area contributed by atoms with Crippen molar-refractivity contribution in [3.8, 4) is 0 Å².